The first-order chi connectivity index (χ1) is 9.31. The molecular weight excluding hydrogens is 338 g/mol. The molecule has 0 aromatic carbocycles. The van der Waals surface area contributed by atoms with Crippen LogP contribution in [-0.2, 0) is 28.5 Å². The molecule has 0 saturated carbocycles. The third-order valence-electron chi connectivity index (χ3n) is 2.55. The fourth-order valence-corrected chi connectivity index (χ4v) is 2.19. The zero-order valence-corrected chi connectivity index (χ0v) is 12.4. The lowest BCUT2D eigenvalue weighted by atomic mass is 10.3. The van der Waals surface area contributed by atoms with Crippen molar-refractivity contribution in [3.8, 4) is 0 Å². The molecule has 0 unspecified atom stereocenters. The summed E-state index contributed by atoms with van der Waals surface area (Å²) in [6.07, 6.45) is 0. The summed E-state index contributed by atoms with van der Waals surface area (Å²) in [5.74, 6) is -0.530. The molecule has 0 N–H and O–H groups in total. The zero-order valence-electron chi connectivity index (χ0n) is 10.8. The fourth-order valence-electron chi connectivity index (χ4n) is 1.62. The largest absolute Gasteiger partial charge is 0.464 e. The molecule has 9 nitrogen and oxygen atoms in total. The van der Waals surface area contributed by atoms with Crippen LogP contribution in [0.15, 0.2) is 9.59 Å². The monoisotopic (exact) mass is 349 g/mol. The minimum atomic E-state index is -0.974. The molecule has 1 heterocycles. The number of halogens is 1. The van der Waals surface area contributed by atoms with Crippen molar-refractivity contribution in [2.24, 2.45) is 7.05 Å². The van der Waals surface area contributed by atoms with Crippen LogP contribution in [0.5, 0.6) is 0 Å². The molecule has 1 aromatic heterocycles. The van der Waals surface area contributed by atoms with Gasteiger partial charge in [0.15, 0.2) is 0 Å². The van der Waals surface area contributed by atoms with Crippen molar-refractivity contribution in [1.29, 1.82) is 0 Å². The molecule has 0 amide bonds. The van der Waals surface area contributed by atoms with E-state index in [0.717, 1.165) is 11.6 Å². The molecule has 0 aliphatic heterocycles. The van der Waals surface area contributed by atoms with Gasteiger partial charge in [-0.25, -0.2) is 4.79 Å². The smallest absolute Gasteiger partial charge is 0.354 e. The minimum Gasteiger partial charge on any atom is -0.464 e. The molecule has 20 heavy (non-hydrogen) atoms. The van der Waals surface area contributed by atoms with Crippen LogP contribution in [0.3, 0.4) is 0 Å². The zero-order chi connectivity index (χ0) is 15.4. The summed E-state index contributed by atoms with van der Waals surface area (Å²) in [6.45, 7) is 1.01. The molecule has 1 rings (SSSR count). The number of carbonyl (C=O) groups excluding carboxylic acids is 1. The number of hydrogen-bond donors (Lipinski definition) is 0. The van der Waals surface area contributed by atoms with E-state index in [4.69, 9.17) is 4.74 Å². The van der Waals surface area contributed by atoms with Crippen molar-refractivity contribution in [2.45, 2.75) is 18.8 Å². The van der Waals surface area contributed by atoms with Gasteiger partial charge in [0, 0.05) is 14.0 Å². The highest BCUT2D eigenvalue weighted by molar-refractivity contribution is 9.08. The van der Waals surface area contributed by atoms with E-state index in [1.165, 1.54) is 6.92 Å². The molecule has 0 radical (unpaired) electrons. The maximum atomic E-state index is 12.0. The van der Waals surface area contributed by atoms with Gasteiger partial charge in [-0.1, -0.05) is 15.9 Å². The number of carbonyl (C=O) groups is 1. The summed E-state index contributed by atoms with van der Waals surface area (Å²) >= 11 is 3.02. The van der Waals surface area contributed by atoms with E-state index in [1.807, 2.05) is 0 Å². The number of nitro groups is 1. The van der Waals surface area contributed by atoms with Gasteiger partial charge in [-0.15, -0.1) is 0 Å². The second-order valence-electron chi connectivity index (χ2n) is 3.82. The highest BCUT2D eigenvalue weighted by Gasteiger charge is 2.25. The topological polar surface area (TPSA) is 113 Å². The third kappa shape index (κ3) is 3.13. The van der Waals surface area contributed by atoms with Crippen LogP contribution in [0.25, 0.3) is 0 Å². The van der Waals surface area contributed by atoms with Crippen molar-refractivity contribution >= 4 is 27.6 Å². The molecule has 0 saturated heterocycles. The summed E-state index contributed by atoms with van der Waals surface area (Å²) in [4.78, 5) is 44.5. The molecule has 0 fully saturated rings. The van der Waals surface area contributed by atoms with Gasteiger partial charge in [-0.05, 0) is 0 Å². The summed E-state index contributed by atoms with van der Waals surface area (Å²) in [5, 5.41) is 10.9. The number of hydrogen-bond acceptors (Lipinski definition) is 6. The second-order valence-corrected chi connectivity index (χ2v) is 4.39. The molecule has 0 aliphatic carbocycles. The molecule has 110 valence electrons. The van der Waals surface area contributed by atoms with Crippen molar-refractivity contribution in [2.75, 3.05) is 6.61 Å². The third-order valence-corrected chi connectivity index (χ3v) is 3.08. The van der Waals surface area contributed by atoms with Crippen LogP contribution in [0, 0.1) is 10.1 Å². The van der Waals surface area contributed by atoms with Gasteiger partial charge in [0.05, 0.1) is 16.8 Å². The van der Waals surface area contributed by atoms with Crippen molar-refractivity contribution in [3.05, 3.63) is 36.6 Å². The van der Waals surface area contributed by atoms with Crippen LogP contribution in [-0.4, -0.2) is 26.6 Å². The Morgan fingerprint density at radius 2 is 2.05 bits per heavy atom. The molecule has 0 aliphatic rings. The normalized spacial score (nSPS) is 10.3. The minimum absolute atomic E-state index is 0.0469. The van der Waals surface area contributed by atoms with Gasteiger partial charge in [0.25, 0.3) is 0 Å². The second kappa shape index (κ2) is 6.46. The summed E-state index contributed by atoms with van der Waals surface area (Å²) < 4.78 is 6.39. The Hall–Kier alpha value is -1.97. The Labute approximate surface area is 121 Å². The van der Waals surface area contributed by atoms with Gasteiger partial charge in [-0.3, -0.25) is 28.8 Å². The number of alkyl halides is 1. The maximum Gasteiger partial charge on any atom is 0.354 e. The van der Waals surface area contributed by atoms with E-state index < -0.39 is 27.8 Å². The van der Waals surface area contributed by atoms with Crippen LogP contribution >= 0.6 is 15.9 Å². The Bertz CT molecular complexity index is 662. The summed E-state index contributed by atoms with van der Waals surface area (Å²) in [7, 11) is 1.15. The Balaban J connectivity index is 3.42. The molecule has 1 aromatic rings. The quantitative estimate of drug-likeness (QED) is 0.317. The van der Waals surface area contributed by atoms with Gasteiger partial charge < -0.3 is 4.74 Å². The van der Waals surface area contributed by atoms with Gasteiger partial charge in [-0.2, -0.15) is 0 Å². The van der Waals surface area contributed by atoms with E-state index in [1.54, 1.807) is 0 Å². The average Bonchev–Trinajstić information content (AvgIpc) is 2.37. The lowest BCUT2D eigenvalue weighted by molar-refractivity contribution is -0.387. The summed E-state index contributed by atoms with van der Waals surface area (Å²) in [5.41, 5.74) is -2.41. The highest BCUT2D eigenvalue weighted by atomic mass is 79.9. The number of aromatic nitrogens is 2. The van der Waals surface area contributed by atoms with E-state index in [2.05, 4.69) is 15.9 Å². The van der Waals surface area contributed by atoms with E-state index in [0.29, 0.717) is 4.57 Å². The lowest BCUT2D eigenvalue weighted by Crippen LogP contribution is -2.41. The Morgan fingerprint density at radius 3 is 2.50 bits per heavy atom. The maximum absolute atomic E-state index is 12.0. The van der Waals surface area contributed by atoms with Crippen LogP contribution < -0.4 is 11.2 Å². The van der Waals surface area contributed by atoms with Gasteiger partial charge in [0.1, 0.15) is 12.3 Å². The predicted molar refractivity (Wildman–Crippen MR) is 71.9 cm³/mol. The average molecular weight is 350 g/mol. The standard InChI is InChI=1S/C10H12BrN3O6/c1-6(15)20-4-3-13-7(5-11)8(14(18)19)9(16)12(2)10(13)17/h3-5H2,1-2H3. The van der Waals surface area contributed by atoms with Crippen LogP contribution in [0.2, 0.25) is 0 Å². The van der Waals surface area contributed by atoms with Crippen molar-refractivity contribution in [3.63, 3.8) is 0 Å². The SMILES string of the molecule is CC(=O)OCCn1c(CBr)c([N+](=O)[O-])c(=O)n(C)c1=O. The molecule has 0 bridgehead atoms. The number of ether oxygens (including phenoxy) is 1. The Morgan fingerprint density at radius 1 is 1.45 bits per heavy atom. The molecule has 0 atom stereocenters. The number of nitrogens with zero attached hydrogens (tertiary/aromatic N) is 3. The summed E-state index contributed by atoms with van der Waals surface area (Å²) in [6, 6.07) is 0. The first-order valence-corrected chi connectivity index (χ1v) is 6.59. The van der Waals surface area contributed by atoms with E-state index in [9.17, 15) is 24.5 Å². The predicted octanol–water partition coefficient (Wildman–Crippen LogP) is -0.0868. The number of rotatable bonds is 5. The number of esters is 1. The molecular formula is C10H12BrN3O6. The van der Waals surface area contributed by atoms with Crippen molar-refractivity contribution in [1.82, 2.24) is 9.13 Å². The first-order valence-electron chi connectivity index (χ1n) is 5.47. The van der Waals surface area contributed by atoms with Crippen LogP contribution in [0.4, 0.5) is 5.69 Å². The fraction of sp³-hybridized carbons (Fsp3) is 0.500. The highest BCUT2D eigenvalue weighted by Crippen LogP contribution is 2.14. The van der Waals surface area contributed by atoms with E-state index >= 15 is 0 Å². The van der Waals surface area contributed by atoms with Crippen molar-refractivity contribution < 1.29 is 14.5 Å². The first kappa shape index (κ1) is 16.1. The van der Waals surface area contributed by atoms with E-state index in [-0.39, 0.29) is 24.2 Å². The Kier molecular flexibility index (Phi) is 5.19. The molecule has 0 spiro atoms. The van der Waals surface area contributed by atoms with Crippen LogP contribution in [0.1, 0.15) is 12.6 Å². The van der Waals surface area contributed by atoms with Gasteiger partial charge in [0.2, 0.25) is 0 Å². The lowest BCUT2D eigenvalue weighted by Gasteiger charge is -2.12. The molecule has 10 heteroatoms. The van der Waals surface area contributed by atoms with Gasteiger partial charge >= 0.3 is 22.9 Å².